The minimum absolute atomic E-state index is 0.0390. The number of amides is 2. The summed E-state index contributed by atoms with van der Waals surface area (Å²) in [5.41, 5.74) is 1.90. The van der Waals surface area contributed by atoms with Crippen molar-refractivity contribution in [1.29, 1.82) is 5.26 Å². The minimum atomic E-state index is -0.445. The molecule has 0 bridgehead atoms. The number of rotatable bonds is 6. The Balaban J connectivity index is 1.37. The highest BCUT2D eigenvalue weighted by molar-refractivity contribution is 7.99. The van der Waals surface area contributed by atoms with Gasteiger partial charge in [-0.3, -0.25) is 15.0 Å². The molecule has 1 atom stereocenters. The Labute approximate surface area is 228 Å². The molecule has 11 nitrogen and oxygen atoms in total. The zero-order chi connectivity index (χ0) is 27.2. The quantitative estimate of drug-likeness (QED) is 0.421. The van der Waals surface area contributed by atoms with Gasteiger partial charge in [0.25, 0.3) is 5.88 Å². The smallest absolute Gasteiger partial charge is 0.328 e. The summed E-state index contributed by atoms with van der Waals surface area (Å²) in [5.74, 6) is 2.41. The lowest BCUT2D eigenvalue weighted by atomic mass is 10.0. The van der Waals surface area contributed by atoms with E-state index >= 15 is 0 Å². The van der Waals surface area contributed by atoms with E-state index in [1.807, 2.05) is 6.07 Å². The first-order valence-corrected chi connectivity index (χ1v) is 13.2. The summed E-state index contributed by atoms with van der Waals surface area (Å²) >= 11 is 1.44. The molecule has 2 aromatic rings. The van der Waals surface area contributed by atoms with Crippen molar-refractivity contribution < 1.29 is 23.9 Å². The molecule has 0 saturated carbocycles. The van der Waals surface area contributed by atoms with Crippen molar-refractivity contribution in [2.75, 3.05) is 23.4 Å². The van der Waals surface area contributed by atoms with Crippen LogP contribution >= 0.6 is 11.8 Å². The van der Waals surface area contributed by atoms with Crippen molar-refractivity contribution in [2.24, 2.45) is 0 Å². The Morgan fingerprint density at radius 2 is 2.21 bits per heavy atom. The molecule has 12 heteroatoms. The number of nitriles is 1. The number of carbonyl (C=O) groups excluding carboxylic acids is 3. The van der Waals surface area contributed by atoms with Crippen LogP contribution in [-0.4, -0.2) is 51.7 Å². The van der Waals surface area contributed by atoms with Crippen LogP contribution in [0.3, 0.4) is 0 Å². The van der Waals surface area contributed by atoms with E-state index in [4.69, 9.17) is 9.47 Å². The summed E-state index contributed by atoms with van der Waals surface area (Å²) in [7, 11) is 0. The maximum Gasteiger partial charge on any atom is 0.328 e. The number of thioether (sulfide) groups is 1. The van der Waals surface area contributed by atoms with E-state index in [2.05, 4.69) is 21.4 Å². The Bertz CT molecular complexity index is 1440. The maximum absolute atomic E-state index is 13.3. The molecule has 0 spiro atoms. The Kier molecular flexibility index (Phi) is 8.03. The monoisotopic (exact) mass is 544 g/mol. The van der Waals surface area contributed by atoms with Crippen LogP contribution < -0.4 is 10.2 Å². The predicted octanol–water partition coefficient (Wildman–Crippen LogP) is 3.91. The van der Waals surface area contributed by atoms with Crippen LogP contribution in [0.15, 0.2) is 53.7 Å². The van der Waals surface area contributed by atoms with Gasteiger partial charge in [-0.2, -0.15) is 5.26 Å². The topological polar surface area (TPSA) is 138 Å². The van der Waals surface area contributed by atoms with Crippen molar-refractivity contribution >= 4 is 41.7 Å². The van der Waals surface area contributed by atoms with Crippen molar-refractivity contribution in [2.45, 2.75) is 42.6 Å². The second-order valence-electron chi connectivity index (χ2n) is 8.88. The van der Waals surface area contributed by atoms with Gasteiger partial charge < -0.3 is 14.4 Å². The van der Waals surface area contributed by atoms with Gasteiger partial charge in [-0.05, 0) is 55.5 Å². The highest BCUT2D eigenvalue weighted by Crippen LogP contribution is 2.34. The maximum atomic E-state index is 13.3. The molecule has 0 aliphatic carbocycles. The van der Waals surface area contributed by atoms with E-state index in [1.54, 1.807) is 30.4 Å². The van der Waals surface area contributed by atoms with Gasteiger partial charge in [0.1, 0.15) is 28.8 Å². The molecule has 1 fully saturated rings. The third-order valence-corrected chi connectivity index (χ3v) is 7.55. The lowest BCUT2D eigenvalue weighted by Crippen LogP contribution is -2.40. The molecular weight excluding hydrogens is 520 g/mol. The first kappa shape index (κ1) is 26.2. The van der Waals surface area contributed by atoms with Crippen LogP contribution in [0.2, 0.25) is 0 Å². The Hall–Kier alpha value is -4.43. The lowest BCUT2D eigenvalue weighted by Gasteiger charge is -2.29. The second kappa shape index (κ2) is 12.0. The van der Waals surface area contributed by atoms with Gasteiger partial charge in [-0.25, -0.2) is 19.6 Å². The number of carbonyl (C=O) groups is 2. The highest BCUT2D eigenvalue weighted by Gasteiger charge is 2.27. The van der Waals surface area contributed by atoms with E-state index in [0.29, 0.717) is 59.9 Å². The standard InChI is InChI=1S/C27H24N6O5S/c28-13-20-14-29-23(12-22(20)39-25-6-4-10-38-25)31-27(36)33-8-3-5-18-11-19(21(16-34)30-26(18)33)15-32-7-1-2-9-37-24(32)17-35/h1-2,7,9,11-12,14,16,25H,3-6,8,10,15H2,(H,29,31,36). The summed E-state index contributed by atoms with van der Waals surface area (Å²) in [5, 5.41) is 12.3. The van der Waals surface area contributed by atoms with Gasteiger partial charge in [0.05, 0.1) is 18.4 Å². The lowest BCUT2D eigenvalue weighted by molar-refractivity contribution is 0.111. The predicted molar refractivity (Wildman–Crippen MR) is 142 cm³/mol. The normalized spacial score (nSPS) is 18.0. The Morgan fingerprint density at radius 3 is 2.97 bits per heavy atom. The number of nitrogens with zero attached hydrogens (tertiary/aromatic N) is 5. The SMILES string of the molecule is N#Cc1cnc(NC(=O)N2CCCc3cc(CN4C=CC=COC4=C=O)c(C=O)nc32)cc1SC1CCCO1. The summed E-state index contributed by atoms with van der Waals surface area (Å²) in [6, 6.07) is 5.19. The fraction of sp³-hybridized carbons (Fsp3) is 0.296. The van der Waals surface area contributed by atoms with Crippen molar-refractivity contribution in [3.63, 3.8) is 0 Å². The van der Waals surface area contributed by atoms with Crippen LogP contribution in [0.1, 0.15) is 46.4 Å². The van der Waals surface area contributed by atoms with Gasteiger partial charge in [-0.1, -0.05) is 11.8 Å². The van der Waals surface area contributed by atoms with Gasteiger partial charge in [0, 0.05) is 36.0 Å². The van der Waals surface area contributed by atoms with E-state index < -0.39 is 6.03 Å². The molecule has 198 valence electrons. The number of pyridine rings is 2. The molecule has 5 rings (SSSR count). The van der Waals surface area contributed by atoms with Crippen LogP contribution in [-0.2, 0) is 27.2 Å². The first-order chi connectivity index (χ1) is 19.1. The number of nitrogens with one attached hydrogen (secondary N) is 1. The molecule has 3 aliphatic heterocycles. The van der Waals surface area contributed by atoms with Crippen molar-refractivity contribution in [3.05, 3.63) is 71.2 Å². The minimum Gasteiger partial charge on any atom is -0.440 e. The number of hydrogen-bond acceptors (Lipinski definition) is 10. The van der Waals surface area contributed by atoms with E-state index in [0.717, 1.165) is 18.4 Å². The van der Waals surface area contributed by atoms with Crippen LogP contribution in [0.4, 0.5) is 16.4 Å². The Morgan fingerprint density at radius 1 is 1.31 bits per heavy atom. The second-order valence-corrected chi connectivity index (χ2v) is 10.1. The molecule has 0 aromatic carbocycles. The number of hydrogen-bond donors (Lipinski definition) is 1. The number of fused-ring (bicyclic) bond motifs is 1. The van der Waals surface area contributed by atoms with Gasteiger partial charge in [0.15, 0.2) is 12.2 Å². The molecule has 3 aliphatic rings. The zero-order valence-corrected chi connectivity index (χ0v) is 21.6. The highest BCUT2D eigenvalue weighted by atomic mass is 32.2. The molecule has 2 aromatic heterocycles. The van der Waals surface area contributed by atoms with Crippen LogP contribution in [0.25, 0.3) is 0 Å². The van der Waals surface area contributed by atoms with Gasteiger partial charge >= 0.3 is 6.03 Å². The molecule has 1 N–H and O–H groups in total. The number of ether oxygens (including phenoxy) is 2. The number of anilines is 2. The van der Waals surface area contributed by atoms with E-state index in [1.165, 1.54) is 34.0 Å². The number of allylic oxidation sites excluding steroid dienone is 2. The van der Waals surface area contributed by atoms with Gasteiger partial charge in [-0.15, -0.1) is 0 Å². The largest absolute Gasteiger partial charge is 0.440 e. The molecule has 1 unspecified atom stereocenters. The zero-order valence-electron chi connectivity index (χ0n) is 20.8. The molecular formula is C27H24N6O5S. The molecule has 39 heavy (non-hydrogen) atoms. The summed E-state index contributed by atoms with van der Waals surface area (Å²) in [6.45, 7) is 1.25. The average Bonchev–Trinajstić information content (AvgIpc) is 3.36. The molecule has 0 radical (unpaired) electrons. The first-order valence-electron chi connectivity index (χ1n) is 12.4. The third-order valence-electron chi connectivity index (χ3n) is 6.32. The number of aromatic nitrogens is 2. The summed E-state index contributed by atoms with van der Waals surface area (Å²) < 4.78 is 10.9. The van der Waals surface area contributed by atoms with E-state index in [-0.39, 0.29) is 23.6 Å². The van der Waals surface area contributed by atoms with Crippen LogP contribution in [0.5, 0.6) is 0 Å². The molecule has 2 amide bonds. The molecule has 1 saturated heterocycles. The van der Waals surface area contributed by atoms with Crippen LogP contribution in [0, 0.1) is 11.3 Å². The average molecular weight is 545 g/mol. The van der Waals surface area contributed by atoms with E-state index in [9.17, 15) is 19.6 Å². The number of aldehydes is 1. The summed E-state index contributed by atoms with van der Waals surface area (Å²) in [4.78, 5) is 49.1. The third kappa shape index (κ3) is 5.86. The summed E-state index contributed by atoms with van der Waals surface area (Å²) in [6.07, 6.45) is 11.6. The number of aryl methyl sites for hydroxylation is 1. The van der Waals surface area contributed by atoms with Crippen molar-refractivity contribution in [3.8, 4) is 6.07 Å². The van der Waals surface area contributed by atoms with Crippen molar-refractivity contribution in [1.82, 2.24) is 14.9 Å². The fourth-order valence-corrected chi connectivity index (χ4v) is 5.60. The molecule has 5 heterocycles. The van der Waals surface area contributed by atoms with Gasteiger partial charge in [0.2, 0.25) is 0 Å². The fourth-order valence-electron chi connectivity index (χ4n) is 4.46. The number of urea groups is 1.